The molecule has 1 aliphatic heterocycles. The molecule has 1 aliphatic rings. The first-order valence-electron chi connectivity index (χ1n) is 9.61. The lowest BCUT2D eigenvalue weighted by Crippen LogP contribution is -2.35. The van der Waals surface area contributed by atoms with E-state index in [4.69, 9.17) is 4.98 Å². The summed E-state index contributed by atoms with van der Waals surface area (Å²) in [6.07, 6.45) is 4.61. The zero-order chi connectivity index (χ0) is 20.4. The molecule has 1 atom stereocenters. The Hall–Kier alpha value is -3.00. The first-order valence-corrected chi connectivity index (χ1v) is 10.4. The zero-order valence-electron chi connectivity index (χ0n) is 16.8. The molecule has 0 radical (unpaired) electrons. The average molecular weight is 409 g/mol. The second-order valence-electron chi connectivity index (χ2n) is 7.28. The van der Waals surface area contributed by atoms with Crippen LogP contribution in [0.4, 0.5) is 16.8 Å². The summed E-state index contributed by atoms with van der Waals surface area (Å²) in [6, 6.07) is 10.1. The van der Waals surface area contributed by atoms with Crippen LogP contribution in [0.2, 0.25) is 0 Å². The van der Waals surface area contributed by atoms with Crippen molar-refractivity contribution in [1.82, 2.24) is 19.9 Å². The third kappa shape index (κ3) is 4.37. The maximum atomic E-state index is 11.6. The Bertz CT molecular complexity index is 1020. The Kier molecular flexibility index (Phi) is 5.44. The van der Waals surface area contributed by atoms with Gasteiger partial charge < -0.3 is 15.1 Å². The van der Waals surface area contributed by atoms with Crippen molar-refractivity contribution in [3.05, 3.63) is 48.3 Å². The van der Waals surface area contributed by atoms with Gasteiger partial charge in [-0.15, -0.1) is 0 Å². The van der Waals surface area contributed by atoms with Crippen LogP contribution >= 0.6 is 11.3 Å². The van der Waals surface area contributed by atoms with Gasteiger partial charge in [0.1, 0.15) is 11.6 Å². The number of carbonyl (C=O) groups is 1. The van der Waals surface area contributed by atoms with E-state index in [1.807, 2.05) is 55.4 Å². The molecule has 3 aromatic rings. The molecule has 0 spiro atoms. The molecule has 3 aromatic heterocycles. The van der Waals surface area contributed by atoms with Crippen molar-refractivity contribution in [3.8, 4) is 10.6 Å². The highest BCUT2D eigenvalue weighted by atomic mass is 32.1. The second kappa shape index (κ2) is 8.16. The number of nitrogens with zero attached hydrogens (tertiary/aromatic N) is 5. The van der Waals surface area contributed by atoms with Gasteiger partial charge in [0.25, 0.3) is 0 Å². The van der Waals surface area contributed by atoms with Crippen LogP contribution in [0.3, 0.4) is 0 Å². The van der Waals surface area contributed by atoms with Gasteiger partial charge in [-0.05, 0) is 43.2 Å². The number of aromatic nitrogens is 3. The molecule has 7 nitrogen and oxygen atoms in total. The number of rotatable bonds is 5. The monoisotopic (exact) mass is 408 g/mol. The number of nitrogens with one attached hydrogen (secondary N) is 1. The van der Waals surface area contributed by atoms with Crippen molar-refractivity contribution >= 4 is 34.0 Å². The van der Waals surface area contributed by atoms with Crippen LogP contribution in [0.1, 0.15) is 18.9 Å². The summed E-state index contributed by atoms with van der Waals surface area (Å²) in [7, 11) is 2.05. The molecule has 0 saturated carbocycles. The molecular formula is C21H24N6OS. The minimum absolute atomic E-state index is 0.136. The number of anilines is 3. The molecular weight excluding hydrogens is 384 g/mol. The highest BCUT2D eigenvalue weighted by molar-refractivity contribution is 7.18. The molecule has 4 rings (SSSR count). The van der Waals surface area contributed by atoms with Gasteiger partial charge >= 0.3 is 0 Å². The number of carbonyl (C=O) groups excluding carboxylic acids is 1. The van der Waals surface area contributed by atoms with E-state index in [9.17, 15) is 4.79 Å². The number of likely N-dealkylation sites (tertiary alicyclic amines) is 1. The number of pyridine rings is 2. The normalized spacial score (nSPS) is 16.1. The molecule has 150 valence electrons. The maximum absolute atomic E-state index is 11.6. The van der Waals surface area contributed by atoms with Crippen LogP contribution in [-0.4, -0.2) is 51.9 Å². The Morgan fingerprint density at radius 1 is 1.28 bits per heavy atom. The topological polar surface area (TPSA) is 74.2 Å². The van der Waals surface area contributed by atoms with E-state index in [1.165, 1.54) is 0 Å². The van der Waals surface area contributed by atoms with E-state index >= 15 is 0 Å². The standard InChI is InChI=1S/C21H24N6OS/c1-14-7-9-22-20(11-14)25-19-6-4-5-17(24-19)18-12-23-21(29-18)26(3)16-8-10-27(13-16)15(2)28/h4-7,9,11-12,16H,8,10,13H2,1-3H3,(H,22,24,25). The summed E-state index contributed by atoms with van der Waals surface area (Å²) in [5.74, 6) is 1.66. The lowest BCUT2D eigenvalue weighted by molar-refractivity contribution is -0.127. The second-order valence-corrected chi connectivity index (χ2v) is 8.29. The molecule has 0 aromatic carbocycles. The summed E-state index contributed by atoms with van der Waals surface area (Å²) in [6.45, 7) is 5.22. The number of hydrogen-bond donors (Lipinski definition) is 1. The molecule has 1 unspecified atom stereocenters. The van der Waals surface area contributed by atoms with Gasteiger partial charge in [-0.1, -0.05) is 17.4 Å². The van der Waals surface area contributed by atoms with Crippen molar-refractivity contribution in [2.45, 2.75) is 26.3 Å². The third-order valence-corrected chi connectivity index (χ3v) is 6.24. The molecule has 29 heavy (non-hydrogen) atoms. The summed E-state index contributed by atoms with van der Waals surface area (Å²) in [5.41, 5.74) is 2.01. The minimum Gasteiger partial charge on any atom is -0.346 e. The minimum atomic E-state index is 0.136. The number of amides is 1. The third-order valence-electron chi connectivity index (χ3n) is 5.12. The fraction of sp³-hybridized carbons (Fsp3) is 0.333. The van der Waals surface area contributed by atoms with Crippen LogP contribution in [0.25, 0.3) is 10.6 Å². The molecule has 0 bridgehead atoms. The first kappa shape index (κ1) is 19.3. The van der Waals surface area contributed by atoms with Gasteiger partial charge in [0.05, 0.1) is 16.6 Å². The van der Waals surface area contributed by atoms with Crippen LogP contribution in [0, 0.1) is 6.92 Å². The predicted octanol–water partition coefficient (Wildman–Crippen LogP) is 3.71. The van der Waals surface area contributed by atoms with E-state index in [0.29, 0.717) is 6.04 Å². The number of hydrogen-bond acceptors (Lipinski definition) is 7. The molecule has 4 heterocycles. The van der Waals surface area contributed by atoms with Gasteiger partial charge in [0.2, 0.25) is 5.91 Å². The van der Waals surface area contributed by atoms with Crippen molar-refractivity contribution in [3.63, 3.8) is 0 Å². The van der Waals surface area contributed by atoms with Crippen molar-refractivity contribution < 1.29 is 4.79 Å². The fourth-order valence-corrected chi connectivity index (χ4v) is 4.34. The number of aryl methyl sites for hydroxylation is 1. The van der Waals surface area contributed by atoms with E-state index in [2.05, 4.69) is 20.2 Å². The Morgan fingerprint density at radius 2 is 2.14 bits per heavy atom. The zero-order valence-corrected chi connectivity index (χ0v) is 17.6. The van der Waals surface area contributed by atoms with Gasteiger partial charge in [-0.25, -0.2) is 15.0 Å². The predicted molar refractivity (Wildman–Crippen MR) is 117 cm³/mol. The average Bonchev–Trinajstić information content (AvgIpc) is 3.38. The SMILES string of the molecule is CC(=O)N1CCC(N(C)c2ncc(-c3cccc(Nc4cc(C)ccn4)n3)s2)C1. The summed E-state index contributed by atoms with van der Waals surface area (Å²) >= 11 is 1.61. The van der Waals surface area contributed by atoms with E-state index in [1.54, 1.807) is 24.5 Å². The fourth-order valence-electron chi connectivity index (χ4n) is 3.42. The number of likely N-dealkylation sites (N-methyl/N-ethyl adjacent to an activating group) is 1. The van der Waals surface area contributed by atoms with Crippen LogP contribution in [-0.2, 0) is 4.79 Å². The van der Waals surface area contributed by atoms with Crippen molar-refractivity contribution in [1.29, 1.82) is 0 Å². The van der Waals surface area contributed by atoms with Crippen LogP contribution in [0.15, 0.2) is 42.7 Å². The molecule has 1 N–H and O–H groups in total. The van der Waals surface area contributed by atoms with E-state index < -0.39 is 0 Å². The summed E-state index contributed by atoms with van der Waals surface area (Å²) in [4.78, 5) is 30.3. The Balaban J connectivity index is 1.49. The summed E-state index contributed by atoms with van der Waals surface area (Å²) in [5, 5.41) is 4.20. The first-order chi connectivity index (χ1) is 14.0. The molecule has 1 amide bonds. The molecule has 1 fully saturated rings. The molecule has 0 aliphatic carbocycles. The lowest BCUT2D eigenvalue weighted by Gasteiger charge is -2.23. The maximum Gasteiger partial charge on any atom is 0.219 e. The summed E-state index contributed by atoms with van der Waals surface area (Å²) < 4.78 is 0. The number of thiazole rings is 1. The van der Waals surface area contributed by atoms with Gasteiger partial charge in [0.15, 0.2) is 5.13 Å². The Labute approximate surface area is 174 Å². The van der Waals surface area contributed by atoms with Crippen molar-refractivity contribution in [2.75, 3.05) is 30.4 Å². The highest BCUT2D eigenvalue weighted by Crippen LogP contribution is 2.32. The van der Waals surface area contributed by atoms with E-state index in [-0.39, 0.29) is 5.91 Å². The van der Waals surface area contributed by atoms with Crippen LogP contribution in [0.5, 0.6) is 0 Å². The highest BCUT2D eigenvalue weighted by Gasteiger charge is 2.28. The van der Waals surface area contributed by atoms with Gasteiger partial charge in [-0.3, -0.25) is 4.79 Å². The Morgan fingerprint density at radius 3 is 2.90 bits per heavy atom. The van der Waals surface area contributed by atoms with Gasteiger partial charge in [-0.2, -0.15) is 0 Å². The van der Waals surface area contributed by atoms with E-state index in [0.717, 1.165) is 52.4 Å². The van der Waals surface area contributed by atoms with Gasteiger partial charge in [0, 0.05) is 39.5 Å². The smallest absolute Gasteiger partial charge is 0.219 e. The molecule has 8 heteroatoms. The van der Waals surface area contributed by atoms with Crippen molar-refractivity contribution in [2.24, 2.45) is 0 Å². The quantitative estimate of drug-likeness (QED) is 0.694. The largest absolute Gasteiger partial charge is 0.346 e. The molecule has 1 saturated heterocycles. The van der Waals surface area contributed by atoms with Crippen LogP contribution < -0.4 is 10.2 Å². The lowest BCUT2D eigenvalue weighted by atomic mass is 10.2.